The van der Waals surface area contributed by atoms with Crippen LogP contribution in [0.15, 0.2) is 25.3 Å². The van der Waals surface area contributed by atoms with Crippen LogP contribution in [0.3, 0.4) is 0 Å². The molecule has 0 saturated carbocycles. The van der Waals surface area contributed by atoms with Gasteiger partial charge < -0.3 is 14.9 Å². The molecule has 0 atom stereocenters. The van der Waals surface area contributed by atoms with E-state index in [1.165, 1.54) is 7.11 Å². The van der Waals surface area contributed by atoms with Crippen LogP contribution in [0.1, 0.15) is 35.3 Å². The predicted octanol–water partition coefficient (Wildman–Crippen LogP) is 3.40. The lowest BCUT2D eigenvalue weighted by Gasteiger charge is -2.19. The van der Waals surface area contributed by atoms with Crippen molar-refractivity contribution in [3.05, 3.63) is 42.0 Å². The standard InChI is InChI=1S/C17H22O4/c1-6-8-11-15(19)13(14(18)10(3)4)16(20)12(9-7-2)17(11)21-5/h6-7,10,19-20H,1-2,8-9H2,3-5H3. The lowest BCUT2D eigenvalue weighted by Crippen LogP contribution is -2.11. The maximum Gasteiger partial charge on any atom is 0.172 e. The summed E-state index contributed by atoms with van der Waals surface area (Å²) < 4.78 is 5.31. The quantitative estimate of drug-likeness (QED) is 0.596. The number of carbonyl (C=O) groups is 1. The fraction of sp³-hybridized carbons (Fsp3) is 0.353. The third-order valence-electron chi connectivity index (χ3n) is 3.27. The molecule has 0 aliphatic heterocycles. The van der Waals surface area contributed by atoms with E-state index in [1.54, 1.807) is 26.0 Å². The summed E-state index contributed by atoms with van der Waals surface area (Å²) in [6.07, 6.45) is 3.88. The van der Waals surface area contributed by atoms with Gasteiger partial charge in [0, 0.05) is 17.0 Å². The van der Waals surface area contributed by atoms with Crippen molar-refractivity contribution >= 4 is 5.78 Å². The number of allylic oxidation sites excluding steroid dienone is 2. The van der Waals surface area contributed by atoms with Crippen LogP contribution in [-0.2, 0) is 12.8 Å². The predicted molar refractivity (Wildman–Crippen MR) is 83.3 cm³/mol. The summed E-state index contributed by atoms with van der Waals surface area (Å²) in [6.45, 7) is 10.7. The Labute approximate surface area is 125 Å². The van der Waals surface area contributed by atoms with Crippen molar-refractivity contribution in [1.82, 2.24) is 0 Å². The first-order valence-electron chi connectivity index (χ1n) is 6.80. The zero-order valence-electron chi connectivity index (χ0n) is 12.8. The van der Waals surface area contributed by atoms with Crippen molar-refractivity contribution in [3.8, 4) is 17.2 Å². The number of Topliss-reactive ketones (excluding diaryl/α,β-unsaturated/α-hetero) is 1. The highest BCUT2D eigenvalue weighted by molar-refractivity contribution is 6.03. The number of phenolic OH excluding ortho intramolecular Hbond substituents is 2. The summed E-state index contributed by atoms with van der Waals surface area (Å²) in [6, 6.07) is 0. The van der Waals surface area contributed by atoms with Crippen LogP contribution in [0.4, 0.5) is 0 Å². The Bertz CT molecular complexity index is 534. The minimum atomic E-state index is -0.344. The van der Waals surface area contributed by atoms with Crippen molar-refractivity contribution in [2.75, 3.05) is 7.11 Å². The van der Waals surface area contributed by atoms with E-state index in [9.17, 15) is 15.0 Å². The molecule has 0 heterocycles. The van der Waals surface area contributed by atoms with E-state index in [0.29, 0.717) is 29.7 Å². The van der Waals surface area contributed by atoms with Gasteiger partial charge in [-0.1, -0.05) is 26.0 Å². The number of carbonyl (C=O) groups excluding carboxylic acids is 1. The molecule has 4 nitrogen and oxygen atoms in total. The molecule has 1 rings (SSSR count). The number of ether oxygens (including phenoxy) is 1. The van der Waals surface area contributed by atoms with Gasteiger partial charge in [-0.25, -0.2) is 0 Å². The number of methoxy groups -OCH3 is 1. The van der Waals surface area contributed by atoms with Crippen LogP contribution in [0.25, 0.3) is 0 Å². The van der Waals surface area contributed by atoms with Gasteiger partial charge in [-0.05, 0) is 12.8 Å². The maximum atomic E-state index is 12.3. The summed E-state index contributed by atoms with van der Waals surface area (Å²) in [7, 11) is 1.46. The fourth-order valence-corrected chi connectivity index (χ4v) is 2.25. The lowest BCUT2D eigenvalue weighted by molar-refractivity contribution is 0.0933. The van der Waals surface area contributed by atoms with E-state index >= 15 is 0 Å². The zero-order chi connectivity index (χ0) is 16.2. The van der Waals surface area contributed by atoms with Crippen LogP contribution in [0.5, 0.6) is 17.2 Å². The van der Waals surface area contributed by atoms with Gasteiger partial charge in [0.25, 0.3) is 0 Å². The summed E-state index contributed by atoms with van der Waals surface area (Å²) in [5.74, 6) is -0.775. The molecule has 2 N–H and O–H groups in total. The van der Waals surface area contributed by atoms with Gasteiger partial charge in [0.1, 0.15) is 22.8 Å². The number of benzene rings is 1. The summed E-state index contributed by atoms with van der Waals surface area (Å²) >= 11 is 0. The minimum Gasteiger partial charge on any atom is -0.507 e. The molecule has 0 aliphatic carbocycles. The second-order valence-electron chi connectivity index (χ2n) is 5.07. The van der Waals surface area contributed by atoms with E-state index in [4.69, 9.17) is 4.74 Å². The molecule has 0 bridgehead atoms. The molecule has 0 aromatic heterocycles. The summed E-state index contributed by atoms with van der Waals surface area (Å²) in [4.78, 5) is 12.3. The average molecular weight is 290 g/mol. The van der Waals surface area contributed by atoms with Crippen LogP contribution in [-0.4, -0.2) is 23.1 Å². The average Bonchev–Trinajstić information content (AvgIpc) is 2.44. The van der Waals surface area contributed by atoms with Gasteiger partial charge in [-0.2, -0.15) is 0 Å². The number of phenols is 2. The molecule has 114 valence electrons. The van der Waals surface area contributed by atoms with Crippen LogP contribution in [0, 0.1) is 5.92 Å². The van der Waals surface area contributed by atoms with Crippen LogP contribution < -0.4 is 4.74 Å². The maximum absolute atomic E-state index is 12.3. The smallest absolute Gasteiger partial charge is 0.172 e. The van der Waals surface area contributed by atoms with Crippen molar-refractivity contribution in [1.29, 1.82) is 0 Å². The van der Waals surface area contributed by atoms with E-state index < -0.39 is 0 Å². The number of aromatic hydroxyl groups is 2. The molecule has 21 heavy (non-hydrogen) atoms. The normalized spacial score (nSPS) is 10.5. The molecule has 0 radical (unpaired) electrons. The molecule has 0 unspecified atom stereocenters. The first-order valence-corrected chi connectivity index (χ1v) is 6.80. The van der Waals surface area contributed by atoms with Gasteiger partial charge in [-0.15, -0.1) is 13.2 Å². The highest BCUT2D eigenvalue weighted by Gasteiger charge is 2.28. The molecular weight excluding hydrogens is 268 g/mol. The molecule has 1 aromatic carbocycles. The zero-order valence-corrected chi connectivity index (χ0v) is 12.8. The minimum absolute atomic E-state index is 0.0560. The number of ketones is 1. The Morgan fingerprint density at radius 1 is 1.14 bits per heavy atom. The molecule has 0 saturated heterocycles. The van der Waals surface area contributed by atoms with E-state index in [0.717, 1.165) is 0 Å². The lowest BCUT2D eigenvalue weighted by atomic mass is 9.91. The number of hydrogen-bond donors (Lipinski definition) is 2. The van der Waals surface area contributed by atoms with Crippen molar-refractivity contribution in [2.45, 2.75) is 26.7 Å². The molecular formula is C17H22O4. The van der Waals surface area contributed by atoms with Gasteiger partial charge in [0.05, 0.1) is 7.11 Å². The fourth-order valence-electron chi connectivity index (χ4n) is 2.25. The van der Waals surface area contributed by atoms with Crippen LogP contribution >= 0.6 is 0 Å². The molecule has 0 spiro atoms. The Hall–Kier alpha value is -2.23. The SMILES string of the molecule is C=CCc1c(O)c(C(=O)C(C)C)c(O)c(CC=C)c1OC. The van der Waals surface area contributed by atoms with Gasteiger partial charge in [0.2, 0.25) is 0 Å². The Balaban J connectivity index is 3.76. The second kappa shape index (κ2) is 6.97. The molecule has 0 fully saturated rings. The largest absolute Gasteiger partial charge is 0.507 e. The van der Waals surface area contributed by atoms with Crippen molar-refractivity contribution in [3.63, 3.8) is 0 Å². The van der Waals surface area contributed by atoms with Crippen LogP contribution in [0.2, 0.25) is 0 Å². The van der Waals surface area contributed by atoms with E-state index in [1.807, 2.05) is 0 Å². The third kappa shape index (κ3) is 3.10. The second-order valence-corrected chi connectivity index (χ2v) is 5.07. The molecule has 4 heteroatoms. The monoisotopic (exact) mass is 290 g/mol. The highest BCUT2D eigenvalue weighted by atomic mass is 16.5. The van der Waals surface area contributed by atoms with E-state index in [-0.39, 0.29) is 28.8 Å². The third-order valence-corrected chi connectivity index (χ3v) is 3.27. The van der Waals surface area contributed by atoms with Crippen molar-refractivity contribution in [2.24, 2.45) is 5.92 Å². The summed E-state index contributed by atoms with van der Waals surface area (Å²) in [5.41, 5.74) is 0.844. The first kappa shape index (κ1) is 16.8. The van der Waals surface area contributed by atoms with Gasteiger partial charge in [-0.3, -0.25) is 4.79 Å². The van der Waals surface area contributed by atoms with Crippen molar-refractivity contribution < 1.29 is 19.7 Å². The molecule has 0 aliphatic rings. The first-order chi connectivity index (χ1) is 9.90. The van der Waals surface area contributed by atoms with Gasteiger partial charge in [0.15, 0.2) is 5.78 Å². The Kier molecular flexibility index (Phi) is 5.59. The Morgan fingerprint density at radius 2 is 1.57 bits per heavy atom. The number of rotatable bonds is 7. The summed E-state index contributed by atoms with van der Waals surface area (Å²) in [5, 5.41) is 20.8. The van der Waals surface area contributed by atoms with E-state index in [2.05, 4.69) is 13.2 Å². The number of hydrogen-bond acceptors (Lipinski definition) is 4. The molecule has 0 amide bonds. The Morgan fingerprint density at radius 3 is 1.86 bits per heavy atom. The topological polar surface area (TPSA) is 66.8 Å². The van der Waals surface area contributed by atoms with Gasteiger partial charge >= 0.3 is 0 Å². The highest BCUT2D eigenvalue weighted by Crippen LogP contribution is 2.44. The molecule has 1 aromatic rings.